The van der Waals surface area contributed by atoms with Crippen molar-refractivity contribution in [2.24, 2.45) is 0 Å². The molecule has 0 aliphatic rings. The largest absolute Gasteiger partial charge is 0.367 e. The first-order valence-electron chi connectivity index (χ1n) is 4.18. The van der Waals surface area contributed by atoms with Gasteiger partial charge in [-0.15, -0.1) is 0 Å². The maximum absolute atomic E-state index is 5.42. The molecule has 0 aliphatic carbocycles. The summed E-state index contributed by atoms with van der Waals surface area (Å²) in [7, 11) is 0. The predicted octanol–water partition coefficient (Wildman–Crippen LogP) is 2.13. The lowest BCUT2D eigenvalue weighted by Crippen LogP contribution is -2.27. The van der Waals surface area contributed by atoms with Crippen LogP contribution in [-0.4, -0.2) is 35.3 Å². The van der Waals surface area contributed by atoms with Gasteiger partial charge in [-0.2, -0.15) is 0 Å². The number of nitrogens with zero attached hydrogens (tertiary/aromatic N) is 1. The zero-order chi connectivity index (χ0) is 8.69. The van der Waals surface area contributed by atoms with Crippen LogP contribution >= 0.6 is 22.6 Å². The van der Waals surface area contributed by atoms with Gasteiger partial charge in [0.05, 0.1) is 6.61 Å². The van der Waals surface area contributed by atoms with Gasteiger partial charge in [0.1, 0.15) is 4.11 Å². The van der Waals surface area contributed by atoms with Gasteiger partial charge < -0.3 is 9.64 Å². The Morgan fingerprint density at radius 3 is 2.27 bits per heavy atom. The van der Waals surface area contributed by atoms with E-state index in [4.69, 9.17) is 4.74 Å². The number of hydrogen-bond acceptors (Lipinski definition) is 2. The van der Waals surface area contributed by atoms with Crippen molar-refractivity contribution in [1.82, 2.24) is 4.90 Å². The Bertz CT molecular complexity index is 84.2. The van der Waals surface area contributed by atoms with Crippen molar-refractivity contribution in [3.63, 3.8) is 0 Å². The third-order valence-corrected chi connectivity index (χ3v) is 2.01. The molecule has 11 heavy (non-hydrogen) atoms. The SMILES string of the molecule is CCN(CC)CCOC(C)I. The Labute approximate surface area is 83.4 Å². The molecule has 68 valence electrons. The van der Waals surface area contributed by atoms with E-state index in [2.05, 4.69) is 48.3 Å². The van der Waals surface area contributed by atoms with Crippen LogP contribution in [0.15, 0.2) is 0 Å². The summed E-state index contributed by atoms with van der Waals surface area (Å²) < 4.78 is 5.76. The number of alkyl halides is 1. The van der Waals surface area contributed by atoms with E-state index in [0.29, 0.717) is 4.11 Å². The van der Waals surface area contributed by atoms with Gasteiger partial charge in [-0.3, -0.25) is 0 Å². The molecule has 0 amide bonds. The Balaban J connectivity index is 3.21. The van der Waals surface area contributed by atoms with Crippen LogP contribution in [0.4, 0.5) is 0 Å². The van der Waals surface area contributed by atoms with Crippen molar-refractivity contribution in [2.45, 2.75) is 24.9 Å². The minimum absolute atomic E-state index is 0.336. The molecule has 0 heterocycles. The third-order valence-electron chi connectivity index (χ3n) is 1.65. The second-order valence-electron chi connectivity index (χ2n) is 2.44. The van der Waals surface area contributed by atoms with E-state index in [-0.39, 0.29) is 0 Å². The summed E-state index contributed by atoms with van der Waals surface area (Å²) in [5.74, 6) is 0. The van der Waals surface area contributed by atoms with Gasteiger partial charge in [-0.1, -0.05) is 36.4 Å². The predicted molar refractivity (Wildman–Crippen MR) is 57.2 cm³/mol. The van der Waals surface area contributed by atoms with Gasteiger partial charge >= 0.3 is 0 Å². The lowest BCUT2D eigenvalue weighted by molar-refractivity contribution is 0.107. The van der Waals surface area contributed by atoms with E-state index in [1.54, 1.807) is 0 Å². The van der Waals surface area contributed by atoms with Crippen LogP contribution in [0.1, 0.15) is 20.8 Å². The van der Waals surface area contributed by atoms with Gasteiger partial charge in [-0.25, -0.2) is 0 Å². The van der Waals surface area contributed by atoms with E-state index < -0.39 is 0 Å². The second-order valence-corrected chi connectivity index (χ2v) is 4.19. The summed E-state index contributed by atoms with van der Waals surface area (Å²) >= 11 is 2.27. The average molecular weight is 271 g/mol. The molecule has 1 unspecified atom stereocenters. The van der Waals surface area contributed by atoms with Gasteiger partial charge in [-0.05, 0) is 20.0 Å². The third kappa shape index (κ3) is 7.03. The molecule has 0 aromatic carbocycles. The van der Waals surface area contributed by atoms with Crippen molar-refractivity contribution >= 4 is 22.6 Å². The Morgan fingerprint density at radius 1 is 1.36 bits per heavy atom. The van der Waals surface area contributed by atoms with E-state index in [0.717, 1.165) is 26.2 Å². The summed E-state index contributed by atoms with van der Waals surface area (Å²) in [5.41, 5.74) is 0. The van der Waals surface area contributed by atoms with Crippen LogP contribution in [0.2, 0.25) is 0 Å². The molecule has 0 N–H and O–H groups in total. The molecular weight excluding hydrogens is 253 g/mol. The summed E-state index contributed by atoms with van der Waals surface area (Å²) in [6.07, 6.45) is 0. The Hall–Kier alpha value is 0.650. The fourth-order valence-corrected chi connectivity index (χ4v) is 1.14. The minimum atomic E-state index is 0.336. The van der Waals surface area contributed by atoms with Crippen LogP contribution in [0, 0.1) is 0 Å². The molecule has 0 saturated carbocycles. The normalized spacial score (nSPS) is 13.9. The van der Waals surface area contributed by atoms with Crippen LogP contribution < -0.4 is 0 Å². The van der Waals surface area contributed by atoms with Crippen molar-refractivity contribution in [1.29, 1.82) is 0 Å². The van der Waals surface area contributed by atoms with E-state index in [1.165, 1.54) is 0 Å². The Morgan fingerprint density at radius 2 is 1.91 bits per heavy atom. The summed E-state index contributed by atoms with van der Waals surface area (Å²) in [6.45, 7) is 10.6. The monoisotopic (exact) mass is 271 g/mol. The number of ether oxygens (including phenoxy) is 1. The number of halogens is 1. The molecule has 3 heteroatoms. The maximum atomic E-state index is 5.42. The van der Waals surface area contributed by atoms with Crippen LogP contribution in [0.25, 0.3) is 0 Å². The average Bonchev–Trinajstić information content (AvgIpc) is 1.98. The molecule has 0 fully saturated rings. The van der Waals surface area contributed by atoms with Crippen LogP contribution in [0.5, 0.6) is 0 Å². The van der Waals surface area contributed by atoms with Gasteiger partial charge in [0.2, 0.25) is 0 Å². The first kappa shape index (κ1) is 11.6. The molecule has 0 rings (SSSR count). The number of likely N-dealkylation sites (N-methyl/N-ethyl adjacent to an activating group) is 1. The van der Waals surface area contributed by atoms with Crippen LogP contribution in [-0.2, 0) is 4.74 Å². The standard InChI is InChI=1S/C8H18INO/c1-4-10(5-2)6-7-11-8(3)9/h8H,4-7H2,1-3H3. The number of rotatable bonds is 6. The summed E-state index contributed by atoms with van der Waals surface area (Å²) in [4.78, 5) is 2.36. The second kappa shape index (κ2) is 7.31. The molecule has 0 aromatic rings. The maximum Gasteiger partial charge on any atom is 0.106 e. The fraction of sp³-hybridized carbons (Fsp3) is 1.00. The first-order valence-corrected chi connectivity index (χ1v) is 5.43. The lowest BCUT2D eigenvalue weighted by atomic mass is 10.5. The number of hydrogen-bond donors (Lipinski definition) is 0. The minimum Gasteiger partial charge on any atom is -0.367 e. The highest BCUT2D eigenvalue weighted by molar-refractivity contribution is 14.1. The molecule has 0 spiro atoms. The molecule has 0 saturated heterocycles. The zero-order valence-corrected chi connectivity index (χ0v) is 9.80. The molecule has 1 atom stereocenters. The van der Waals surface area contributed by atoms with Crippen molar-refractivity contribution in [3.05, 3.63) is 0 Å². The fourth-order valence-electron chi connectivity index (χ4n) is 0.884. The quantitative estimate of drug-likeness (QED) is 0.542. The van der Waals surface area contributed by atoms with E-state index in [9.17, 15) is 0 Å². The highest BCUT2D eigenvalue weighted by Gasteiger charge is 1.99. The molecule has 0 bridgehead atoms. The lowest BCUT2D eigenvalue weighted by Gasteiger charge is -2.18. The van der Waals surface area contributed by atoms with Gasteiger partial charge in [0.15, 0.2) is 0 Å². The first-order chi connectivity index (χ1) is 5.20. The molecule has 0 aliphatic heterocycles. The summed E-state index contributed by atoms with van der Waals surface area (Å²) in [6, 6.07) is 0. The smallest absolute Gasteiger partial charge is 0.106 e. The topological polar surface area (TPSA) is 12.5 Å². The summed E-state index contributed by atoms with van der Waals surface area (Å²) in [5, 5.41) is 0. The molecular formula is C8H18INO. The molecule has 0 radical (unpaired) electrons. The van der Waals surface area contributed by atoms with Gasteiger partial charge in [0, 0.05) is 6.54 Å². The highest BCUT2D eigenvalue weighted by Crippen LogP contribution is 1.99. The highest BCUT2D eigenvalue weighted by atomic mass is 127. The Kier molecular flexibility index (Phi) is 7.74. The molecule has 2 nitrogen and oxygen atoms in total. The zero-order valence-electron chi connectivity index (χ0n) is 7.64. The molecule has 0 aromatic heterocycles. The van der Waals surface area contributed by atoms with Crippen LogP contribution in [0.3, 0.4) is 0 Å². The van der Waals surface area contributed by atoms with Crippen molar-refractivity contribution < 1.29 is 4.74 Å². The van der Waals surface area contributed by atoms with E-state index in [1.807, 2.05) is 0 Å². The van der Waals surface area contributed by atoms with E-state index >= 15 is 0 Å². The van der Waals surface area contributed by atoms with Gasteiger partial charge in [0.25, 0.3) is 0 Å². The van der Waals surface area contributed by atoms with Crippen molar-refractivity contribution in [3.8, 4) is 0 Å². The van der Waals surface area contributed by atoms with Crippen molar-refractivity contribution in [2.75, 3.05) is 26.2 Å².